The molecule has 14 heavy (non-hydrogen) atoms. The first-order valence-corrected chi connectivity index (χ1v) is 4.88. The highest BCUT2D eigenvalue weighted by molar-refractivity contribution is 5.11. The molecule has 0 atom stereocenters. The van der Waals surface area contributed by atoms with Crippen LogP contribution in [0.3, 0.4) is 0 Å². The molecule has 78 valence electrons. The van der Waals surface area contributed by atoms with E-state index in [9.17, 15) is 0 Å². The van der Waals surface area contributed by atoms with Gasteiger partial charge in [-0.2, -0.15) is 5.10 Å². The average molecular weight is 195 g/mol. The summed E-state index contributed by atoms with van der Waals surface area (Å²) in [5.41, 5.74) is 6.18. The molecule has 4 heteroatoms. The van der Waals surface area contributed by atoms with Gasteiger partial charge in [0.1, 0.15) is 0 Å². The molecule has 0 saturated heterocycles. The Labute approximate surface area is 84.5 Å². The minimum Gasteiger partial charge on any atom is -0.477 e. The number of ether oxygens (including phenoxy) is 1. The smallest absolute Gasteiger partial charge is 0.233 e. The Hall–Kier alpha value is -1.16. The molecule has 0 unspecified atom stereocenters. The van der Waals surface area contributed by atoms with Crippen molar-refractivity contribution in [1.82, 2.24) is 10.2 Å². The quantitative estimate of drug-likeness (QED) is 0.770. The second-order valence-electron chi connectivity index (χ2n) is 3.60. The van der Waals surface area contributed by atoms with Crippen molar-refractivity contribution in [2.45, 2.75) is 26.8 Å². The number of hydrogen-bond donors (Lipinski definition) is 1. The molecule has 0 saturated carbocycles. The van der Waals surface area contributed by atoms with Crippen LogP contribution >= 0.6 is 0 Å². The van der Waals surface area contributed by atoms with Crippen molar-refractivity contribution >= 4 is 0 Å². The van der Waals surface area contributed by atoms with Crippen LogP contribution in [0.2, 0.25) is 0 Å². The molecule has 0 radical (unpaired) electrons. The van der Waals surface area contributed by atoms with E-state index in [2.05, 4.69) is 24.0 Å². The van der Waals surface area contributed by atoms with Crippen LogP contribution in [0.1, 0.15) is 26.0 Å². The number of nitrogens with two attached hydrogens (primary N) is 1. The third-order valence-electron chi connectivity index (χ3n) is 1.85. The van der Waals surface area contributed by atoms with Gasteiger partial charge in [0.05, 0.1) is 12.3 Å². The summed E-state index contributed by atoms with van der Waals surface area (Å²) in [5.74, 6) is 1.22. The van der Waals surface area contributed by atoms with Crippen molar-refractivity contribution in [3.05, 3.63) is 17.8 Å². The van der Waals surface area contributed by atoms with E-state index in [0.717, 1.165) is 12.1 Å². The zero-order valence-electron chi connectivity index (χ0n) is 8.73. The summed E-state index contributed by atoms with van der Waals surface area (Å²) in [6.45, 7) is 5.42. The lowest BCUT2D eigenvalue weighted by atomic mass is 10.1. The van der Waals surface area contributed by atoms with Gasteiger partial charge >= 0.3 is 0 Å². The van der Waals surface area contributed by atoms with Crippen molar-refractivity contribution in [2.24, 2.45) is 11.7 Å². The summed E-state index contributed by atoms with van der Waals surface area (Å²) >= 11 is 0. The number of rotatable bonds is 5. The molecule has 0 aromatic carbocycles. The number of hydrogen-bond acceptors (Lipinski definition) is 4. The van der Waals surface area contributed by atoms with Crippen LogP contribution in [-0.2, 0) is 6.54 Å². The first-order valence-electron chi connectivity index (χ1n) is 4.88. The van der Waals surface area contributed by atoms with Gasteiger partial charge < -0.3 is 10.5 Å². The molecule has 0 fully saturated rings. The van der Waals surface area contributed by atoms with Crippen LogP contribution in [0, 0.1) is 5.92 Å². The largest absolute Gasteiger partial charge is 0.477 e. The van der Waals surface area contributed by atoms with Crippen molar-refractivity contribution in [3.8, 4) is 5.88 Å². The van der Waals surface area contributed by atoms with Gasteiger partial charge in [0.2, 0.25) is 5.88 Å². The van der Waals surface area contributed by atoms with Crippen LogP contribution in [0.25, 0.3) is 0 Å². The summed E-state index contributed by atoms with van der Waals surface area (Å²) in [6, 6.07) is 3.63. The van der Waals surface area contributed by atoms with Crippen molar-refractivity contribution in [2.75, 3.05) is 6.61 Å². The Balaban J connectivity index is 2.36. The number of aromatic nitrogens is 2. The number of nitrogens with zero attached hydrogens (tertiary/aromatic N) is 2. The molecule has 0 aliphatic carbocycles. The minimum atomic E-state index is 0.416. The fraction of sp³-hybridized carbons (Fsp3) is 0.600. The second-order valence-corrected chi connectivity index (χ2v) is 3.60. The Morgan fingerprint density at radius 3 is 2.64 bits per heavy atom. The van der Waals surface area contributed by atoms with Crippen LogP contribution in [-0.4, -0.2) is 16.8 Å². The van der Waals surface area contributed by atoms with Gasteiger partial charge in [0.25, 0.3) is 0 Å². The van der Waals surface area contributed by atoms with Gasteiger partial charge in [-0.05, 0) is 18.4 Å². The van der Waals surface area contributed by atoms with E-state index in [4.69, 9.17) is 10.5 Å². The van der Waals surface area contributed by atoms with E-state index >= 15 is 0 Å². The zero-order chi connectivity index (χ0) is 10.4. The maximum absolute atomic E-state index is 5.40. The van der Waals surface area contributed by atoms with E-state index in [1.807, 2.05) is 6.07 Å². The summed E-state index contributed by atoms with van der Waals surface area (Å²) in [4.78, 5) is 0. The van der Waals surface area contributed by atoms with E-state index in [1.54, 1.807) is 6.07 Å². The lowest BCUT2D eigenvalue weighted by molar-refractivity contribution is 0.276. The maximum Gasteiger partial charge on any atom is 0.233 e. The molecule has 0 amide bonds. The highest BCUT2D eigenvalue weighted by atomic mass is 16.5. The normalized spacial score (nSPS) is 10.6. The Kier molecular flexibility index (Phi) is 4.32. The highest BCUT2D eigenvalue weighted by Crippen LogP contribution is 2.06. The Bertz CT molecular complexity index is 259. The third-order valence-corrected chi connectivity index (χ3v) is 1.85. The summed E-state index contributed by atoms with van der Waals surface area (Å²) in [5, 5.41) is 7.79. The fourth-order valence-corrected chi connectivity index (χ4v) is 0.933. The lowest BCUT2D eigenvalue weighted by Crippen LogP contribution is -2.05. The Morgan fingerprint density at radius 1 is 1.36 bits per heavy atom. The van der Waals surface area contributed by atoms with Gasteiger partial charge in [-0.3, -0.25) is 0 Å². The monoisotopic (exact) mass is 195 g/mol. The molecule has 1 rings (SSSR count). The summed E-state index contributed by atoms with van der Waals surface area (Å²) in [6.07, 6.45) is 1.03. The Morgan fingerprint density at radius 2 is 2.14 bits per heavy atom. The van der Waals surface area contributed by atoms with Crippen molar-refractivity contribution in [1.29, 1.82) is 0 Å². The van der Waals surface area contributed by atoms with Crippen LogP contribution in [0.15, 0.2) is 12.1 Å². The first-order chi connectivity index (χ1) is 6.72. The minimum absolute atomic E-state index is 0.416. The molecule has 1 aromatic rings. The molecular formula is C10H17N3O. The SMILES string of the molecule is CC(C)CCOc1ccc(CN)nn1. The van der Waals surface area contributed by atoms with Gasteiger partial charge in [-0.25, -0.2) is 0 Å². The molecule has 1 heterocycles. The highest BCUT2D eigenvalue weighted by Gasteiger charge is 1.98. The molecular weight excluding hydrogens is 178 g/mol. The zero-order valence-corrected chi connectivity index (χ0v) is 8.73. The van der Waals surface area contributed by atoms with E-state index in [1.165, 1.54) is 0 Å². The van der Waals surface area contributed by atoms with E-state index in [-0.39, 0.29) is 0 Å². The molecule has 4 nitrogen and oxygen atoms in total. The summed E-state index contributed by atoms with van der Waals surface area (Å²) in [7, 11) is 0. The van der Waals surface area contributed by atoms with Gasteiger partial charge in [-0.1, -0.05) is 13.8 Å². The molecule has 0 spiro atoms. The standard InChI is InChI=1S/C10H17N3O/c1-8(2)5-6-14-10-4-3-9(7-11)12-13-10/h3-4,8H,5-7,11H2,1-2H3. The predicted octanol–water partition coefficient (Wildman–Crippen LogP) is 1.36. The maximum atomic E-state index is 5.40. The summed E-state index contributed by atoms with van der Waals surface area (Å²) < 4.78 is 5.40. The average Bonchev–Trinajstić information content (AvgIpc) is 2.18. The fourth-order valence-electron chi connectivity index (χ4n) is 0.933. The third kappa shape index (κ3) is 3.70. The van der Waals surface area contributed by atoms with Crippen LogP contribution < -0.4 is 10.5 Å². The predicted molar refractivity (Wildman–Crippen MR) is 54.9 cm³/mol. The lowest BCUT2D eigenvalue weighted by Gasteiger charge is -2.06. The van der Waals surface area contributed by atoms with Gasteiger partial charge in [-0.15, -0.1) is 5.10 Å². The molecule has 0 aliphatic rings. The molecule has 0 bridgehead atoms. The first kappa shape index (κ1) is 10.9. The van der Waals surface area contributed by atoms with Crippen molar-refractivity contribution in [3.63, 3.8) is 0 Å². The molecule has 1 aromatic heterocycles. The molecule has 0 aliphatic heterocycles. The van der Waals surface area contributed by atoms with Gasteiger partial charge in [0.15, 0.2) is 0 Å². The molecule has 2 N–H and O–H groups in total. The van der Waals surface area contributed by atoms with E-state index in [0.29, 0.717) is 24.9 Å². The second kappa shape index (κ2) is 5.54. The topological polar surface area (TPSA) is 61.0 Å². The van der Waals surface area contributed by atoms with E-state index < -0.39 is 0 Å². The van der Waals surface area contributed by atoms with Gasteiger partial charge in [0, 0.05) is 12.6 Å². The van der Waals surface area contributed by atoms with Crippen LogP contribution in [0.4, 0.5) is 0 Å². The van der Waals surface area contributed by atoms with Crippen molar-refractivity contribution < 1.29 is 4.74 Å². The van der Waals surface area contributed by atoms with Crippen LogP contribution in [0.5, 0.6) is 5.88 Å².